The Hall–Kier alpha value is -1.71. The lowest BCUT2D eigenvalue weighted by molar-refractivity contribution is 0.275. The van der Waals surface area contributed by atoms with E-state index in [0.29, 0.717) is 0 Å². The van der Waals surface area contributed by atoms with Gasteiger partial charge in [-0.05, 0) is 53.3 Å². The number of halogens is 1. The van der Waals surface area contributed by atoms with Crippen LogP contribution in [0.1, 0.15) is 17.2 Å². The summed E-state index contributed by atoms with van der Waals surface area (Å²) in [5.74, 6) is 0. The van der Waals surface area contributed by atoms with Gasteiger partial charge in [-0.15, -0.1) is 0 Å². The summed E-state index contributed by atoms with van der Waals surface area (Å²) < 4.78 is 33.2. The van der Waals surface area contributed by atoms with E-state index in [-0.39, 0.29) is 17.5 Å². The van der Waals surface area contributed by atoms with Crippen LogP contribution in [-0.4, -0.2) is 24.6 Å². The van der Waals surface area contributed by atoms with Crippen LogP contribution in [-0.2, 0) is 14.3 Å². The van der Waals surface area contributed by atoms with E-state index in [1.54, 1.807) is 43.0 Å². The Kier molecular flexibility index (Phi) is 5.55. The van der Waals surface area contributed by atoms with E-state index < -0.39 is 10.1 Å². The van der Waals surface area contributed by atoms with Gasteiger partial charge >= 0.3 is 0 Å². The predicted octanol–water partition coefficient (Wildman–Crippen LogP) is 3.79. The molecule has 1 atom stereocenters. The average molecular weight is 468 g/mol. The van der Waals surface area contributed by atoms with Crippen LogP contribution in [0.25, 0.3) is 0 Å². The molecule has 130 valence electrons. The number of aromatic nitrogens is 2. The third-order valence-electron chi connectivity index (χ3n) is 3.84. The molecular formula is C18H17IN2O3S. The van der Waals surface area contributed by atoms with Gasteiger partial charge in [-0.2, -0.15) is 8.42 Å². The van der Waals surface area contributed by atoms with Gasteiger partial charge in [-0.1, -0.05) is 35.9 Å². The van der Waals surface area contributed by atoms with Crippen LogP contribution < -0.4 is 0 Å². The molecule has 0 aliphatic heterocycles. The second-order valence-corrected chi connectivity index (χ2v) is 8.38. The minimum atomic E-state index is -3.82. The molecule has 0 amide bonds. The van der Waals surface area contributed by atoms with E-state index in [0.717, 1.165) is 14.7 Å². The summed E-state index contributed by atoms with van der Waals surface area (Å²) >= 11 is 2.24. The topological polar surface area (TPSA) is 61.2 Å². The Morgan fingerprint density at radius 3 is 2.52 bits per heavy atom. The third-order valence-corrected chi connectivity index (χ3v) is 6.12. The zero-order valence-electron chi connectivity index (χ0n) is 13.5. The van der Waals surface area contributed by atoms with E-state index in [2.05, 4.69) is 27.6 Å². The molecule has 1 unspecified atom stereocenters. The molecule has 1 heterocycles. The minimum absolute atomic E-state index is 0.00736. The first-order valence-electron chi connectivity index (χ1n) is 7.65. The molecule has 3 rings (SSSR count). The fourth-order valence-corrected chi connectivity index (χ4v) is 4.12. The Morgan fingerprint density at radius 2 is 1.88 bits per heavy atom. The highest BCUT2D eigenvalue weighted by atomic mass is 127. The Labute approximate surface area is 160 Å². The Balaban J connectivity index is 1.87. The highest BCUT2D eigenvalue weighted by Crippen LogP contribution is 2.25. The third kappa shape index (κ3) is 4.28. The SMILES string of the molecule is Cc1ccc(S(=O)(=O)OCC(c2ccccc2I)n2ccnc2)cc1. The molecule has 0 aliphatic rings. The van der Waals surface area contributed by atoms with Gasteiger partial charge < -0.3 is 4.57 Å². The van der Waals surface area contributed by atoms with Crippen molar-refractivity contribution >= 4 is 32.7 Å². The van der Waals surface area contributed by atoms with E-state index in [1.165, 1.54) is 0 Å². The fraction of sp³-hybridized carbons (Fsp3) is 0.167. The number of aryl methyl sites for hydroxylation is 1. The molecule has 25 heavy (non-hydrogen) atoms. The number of hydrogen-bond donors (Lipinski definition) is 0. The average Bonchev–Trinajstić information content (AvgIpc) is 3.11. The first-order chi connectivity index (χ1) is 12.0. The Morgan fingerprint density at radius 1 is 1.16 bits per heavy atom. The lowest BCUT2D eigenvalue weighted by Crippen LogP contribution is -2.19. The highest BCUT2D eigenvalue weighted by Gasteiger charge is 2.22. The maximum atomic E-state index is 12.5. The first kappa shape index (κ1) is 18.1. The van der Waals surface area contributed by atoms with Crippen molar-refractivity contribution < 1.29 is 12.6 Å². The molecule has 0 spiro atoms. The van der Waals surface area contributed by atoms with Gasteiger partial charge in [0.25, 0.3) is 10.1 Å². The van der Waals surface area contributed by atoms with Gasteiger partial charge in [0, 0.05) is 16.0 Å². The molecule has 5 nitrogen and oxygen atoms in total. The lowest BCUT2D eigenvalue weighted by Gasteiger charge is -2.20. The molecule has 0 bridgehead atoms. The maximum Gasteiger partial charge on any atom is 0.297 e. The number of hydrogen-bond acceptors (Lipinski definition) is 4. The van der Waals surface area contributed by atoms with E-state index in [4.69, 9.17) is 4.18 Å². The van der Waals surface area contributed by atoms with Crippen LogP contribution in [0, 0.1) is 10.5 Å². The van der Waals surface area contributed by atoms with Crippen molar-refractivity contribution in [2.24, 2.45) is 0 Å². The predicted molar refractivity (Wildman–Crippen MR) is 104 cm³/mol. The molecule has 0 aliphatic carbocycles. The molecule has 7 heteroatoms. The quantitative estimate of drug-likeness (QED) is 0.408. The molecule has 3 aromatic rings. The van der Waals surface area contributed by atoms with Gasteiger partial charge in [-0.3, -0.25) is 4.18 Å². The summed E-state index contributed by atoms with van der Waals surface area (Å²) in [5, 5.41) is 0. The van der Waals surface area contributed by atoms with Gasteiger partial charge in [0.1, 0.15) is 0 Å². The van der Waals surface area contributed by atoms with Gasteiger partial charge in [0.15, 0.2) is 0 Å². The van der Waals surface area contributed by atoms with Gasteiger partial charge in [0.2, 0.25) is 0 Å². The van der Waals surface area contributed by atoms with Crippen molar-refractivity contribution in [2.75, 3.05) is 6.61 Å². The second kappa shape index (κ2) is 7.67. The molecule has 0 fully saturated rings. The molecule has 0 N–H and O–H groups in total. The summed E-state index contributed by atoms with van der Waals surface area (Å²) in [7, 11) is -3.82. The van der Waals surface area contributed by atoms with Crippen molar-refractivity contribution in [3.63, 3.8) is 0 Å². The summed E-state index contributed by atoms with van der Waals surface area (Å²) in [6.07, 6.45) is 5.13. The van der Waals surface area contributed by atoms with Crippen molar-refractivity contribution in [1.82, 2.24) is 9.55 Å². The van der Waals surface area contributed by atoms with Crippen molar-refractivity contribution in [3.05, 3.63) is 81.9 Å². The van der Waals surface area contributed by atoms with Crippen molar-refractivity contribution in [2.45, 2.75) is 17.9 Å². The number of benzene rings is 2. The van der Waals surface area contributed by atoms with E-state index in [9.17, 15) is 8.42 Å². The molecular weight excluding hydrogens is 451 g/mol. The monoisotopic (exact) mass is 468 g/mol. The molecule has 2 aromatic carbocycles. The standard InChI is InChI=1S/C18H17IN2O3S/c1-14-6-8-15(9-7-14)25(22,23)24-12-18(21-11-10-20-13-21)16-4-2-3-5-17(16)19/h2-11,13,18H,12H2,1H3. The molecule has 0 saturated carbocycles. The smallest absolute Gasteiger partial charge is 0.297 e. The first-order valence-corrected chi connectivity index (χ1v) is 10.1. The maximum absolute atomic E-state index is 12.5. The number of nitrogens with zero attached hydrogens (tertiary/aromatic N) is 2. The molecule has 0 radical (unpaired) electrons. The van der Waals surface area contributed by atoms with Crippen LogP contribution in [0.15, 0.2) is 72.1 Å². The van der Waals surface area contributed by atoms with Crippen LogP contribution in [0.4, 0.5) is 0 Å². The zero-order valence-corrected chi connectivity index (χ0v) is 16.5. The lowest BCUT2D eigenvalue weighted by atomic mass is 10.1. The van der Waals surface area contributed by atoms with Crippen LogP contribution in [0.2, 0.25) is 0 Å². The molecule has 1 aromatic heterocycles. The van der Waals surface area contributed by atoms with E-state index >= 15 is 0 Å². The molecule has 0 saturated heterocycles. The summed E-state index contributed by atoms with van der Waals surface area (Å²) in [6.45, 7) is 1.90. The van der Waals surface area contributed by atoms with Crippen LogP contribution in [0.3, 0.4) is 0 Å². The van der Waals surface area contributed by atoms with Gasteiger partial charge in [0.05, 0.1) is 23.9 Å². The van der Waals surface area contributed by atoms with Crippen LogP contribution >= 0.6 is 22.6 Å². The summed E-state index contributed by atoms with van der Waals surface area (Å²) in [4.78, 5) is 4.22. The van der Waals surface area contributed by atoms with E-state index in [1.807, 2.05) is 35.8 Å². The largest absolute Gasteiger partial charge is 0.328 e. The summed E-state index contributed by atoms with van der Waals surface area (Å²) in [5.41, 5.74) is 1.98. The number of imidazole rings is 1. The highest BCUT2D eigenvalue weighted by molar-refractivity contribution is 14.1. The van der Waals surface area contributed by atoms with Crippen LogP contribution in [0.5, 0.6) is 0 Å². The zero-order chi connectivity index (χ0) is 17.9. The van der Waals surface area contributed by atoms with Crippen molar-refractivity contribution in [1.29, 1.82) is 0 Å². The normalized spacial score (nSPS) is 12.9. The Bertz CT molecular complexity index is 939. The summed E-state index contributed by atoms with van der Waals surface area (Å²) in [6, 6.07) is 14.2. The van der Waals surface area contributed by atoms with Gasteiger partial charge in [-0.25, -0.2) is 4.98 Å². The second-order valence-electron chi connectivity index (χ2n) is 5.60. The fourth-order valence-electron chi connectivity index (χ4n) is 2.46. The minimum Gasteiger partial charge on any atom is -0.328 e. The van der Waals surface area contributed by atoms with Crippen molar-refractivity contribution in [3.8, 4) is 0 Å². The number of rotatable bonds is 6.